The quantitative estimate of drug-likeness (QED) is 0.811. The number of nitrogens with one attached hydrogen (secondary N) is 1. The lowest BCUT2D eigenvalue weighted by Gasteiger charge is -2.28. The second-order valence-corrected chi connectivity index (χ2v) is 7.56. The van der Waals surface area contributed by atoms with Gasteiger partial charge in [0.05, 0.1) is 11.4 Å². The Morgan fingerprint density at radius 1 is 1.15 bits per heavy atom. The number of amides is 2. The van der Waals surface area contributed by atoms with E-state index in [0.29, 0.717) is 18.7 Å². The monoisotopic (exact) mass is 368 g/mol. The number of hydrogen-bond donors (Lipinski definition) is 1. The molecular weight excluding hydrogens is 344 g/mol. The predicted octanol–water partition coefficient (Wildman–Crippen LogP) is 3.65. The Balaban J connectivity index is 1.47. The molecule has 2 aromatic carbocycles. The third kappa shape index (κ3) is 4.88. The van der Waals surface area contributed by atoms with Gasteiger partial charge in [-0.2, -0.15) is 0 Å². The van der Waals surface area contributed by atoms with E-state index in [2.05, 4.69) is 17.4 Å². The van der Waals surface area contributed by atoms with E-state index >= 15 is 0 Å². The zero-order chi connectivity index (χ0) is 18.4. The van der Waals surface area contributed by atoms with Gasteiger partial charge in [-0.15, -0.1) is 11.8 Å². The highest BCUT2D eigenvalue weighted by Gasteiger charge is 2.24. The summed E-state index contributed by atoms with van der Waals surface area (Å²) in [6, 6.07) is 18.3. The average Bonchev–Trinajstić information content (AvgIpc) is 2.66. The molecule has 0 bridgehead atoms. The van der Waals surface area contributed by atoms with Crippen LogP contribution in [0.3, 0.4) is 0 Å². The lowest BCUT2D eigenvalue weighted by Crippen LogP contribution is -2.40. The van der Waals surface area contributed by atoms with Gasteiger partial charge in [0.2, 0.25) is 11.8 Å². The van der Waals surface area contributed by atoms with Crippen molar-refractivity contribution in [2.24, 2.45) is 0 Å². The second-order valence-electron chi connectivity index (χ2n) is 6.54. The van der Waals surface area contributed by atoms with Crippen LogP contribution in [0.25, 0.3) is 0 Å². The van der Waals surface area contributed by atoms with Gasteiger partial charge in [-0.3, -0.25) is 9.59 Å². The first-order valence-electron chi connectivity index (χ1n) is 8.99. The summed E-state index contributed by atoms with van der Waals surface area (Å²) in [7, 11) is 0. The van der Waals surface area contributed by atoms with E-state index in [1.54, 1.807) is 16.7 Å². The second kappa shape index (κ2) is 8.90. The minimum atomic E-state index is -0.00549. The molecule has 2 amide bonds. The number of carbonyl (C=O) groups excluding carboxylic acids is 2. The first kappa shape index (κ1) is 18.5. The standard InChI is InChI=1S/C21H24N2O2S/c1-16(11-12-17-7-3-2-4-8-17)22-20(24)13-14-23-18-9-5-6-10-19(18)26-15-21(23)25/h2-10,16H,11-15H2,1H3,(H,22,24)/t16-/m1/s1. The molecule has 1 atom stereocenters. The van der Waals surface area contributed by atoms with Crippen molar-refractivity contribution in [1.29, 1.82) is 0 Å². The van der Waals surface area contributed by atoms with Crippen molar-refractivity contribution < 1.29 is 9.59 Å². The fourth-order valence-electron chi connectivity index (χ4n) is 3.06. The van der Waals surface area contributed by atoms with Crippen molar-refractivity contribution in [1.82, 2.24) is 5.32 Å². The third-order valence-electron chi connectivity index (χ3n) is 4.49. The molecule has 0 spiro atoms. The minimum Gasteiger partial charge on any atom is -0.354 e. The highest BCUT2D eigenvalue weighted by Crippen LogP contribution is 2.34. The minimum absolute atomic E-state index is 0.00549. The Hall–Kier alpha value is -2.27. The van der Waals surface area contributed by atoms with E-state index in [1.807, 2.05) is 49.4 Å². The lowest BCUT2D eigenvalue weighted by molar-refractivity contribution is -0.121. The van der Waals surface area contributed by atoms with Crippen molar-refractivity contribution in [3.63, 3.8) is 0 Å². The van der Waals surface area contributed by atoms with E-state index in [1.165, 1.54) is 5.56 Å². The average molecular weight is 369 g/mol. The van der Waals surface area contributed by atoms with Gasteiger partial charge in [0.1, 0.15) is 0 Å². The predicted molar refractivity (Wildman–Crippen MR) is 107 cm³/mol. The number of hydrogen-bond acceptors (Lipinski definition) is 3. The maximum atomic E-state index is 12.3. The number of rotatable bonds is 7. The fourth-order valence-corrected chi connectivity index (χ4v) is 4.00. The van der Waals surface area contributed by atoms with Gasteiger partial charge in [-0.25, -0.2) is 0 Å². The Bertz CT molecular complexity index is 764. The lowest BCUT2D eigenvalue weighted by atomic mass is 10.1. The number of benzene rings is 2. The third-order valence-corrected chi connectivity index (χ3v) is 5.53. The van der Waals surface area contributed by atoms with Gasteiger partial charge in [-0.1, -0.05) is 42.5 Å². The maximum absolute atomic E-state index is 12.3. The van der Waals surface area contributed by atoms with Gasteiger partial charge < -0.3 is 10.2 Å². The van der Waals surface area contributed by atoms with Gasteiger partial charge in [0.25, 0.3) is 0 Å². The van der Waals surface area contributed by atoms with Gasteiger partial charge in [-0.05, 0) is 37.5 Å². The van der Waals surface area contributed by atoms with Crippen LogP contribution >= 0.6 is 11.8 Å². The summed E-state index contributed by atoms with van der Waals surface area (Å²) in [4.78, 5) is 27.3. The highest BCUT2D eigenvalue weighted by molar-refractivity contribution is 8.00. The SMILES string of the molecule is C[C@H](CCc1ccccc1)NC(=O)CCN1C(=O)CSc2ccccc21. The first-order chi connectivity index (χ1) is 12.6. The van der Waals surface area contributed by atoms with Crippen LogP contribution in [0.4, 0.5) is 5.69 Å². The van der Waals surface area contributed by atoms with Crippen LogP contribution < -0.4 is 10.2 Å². The smallest absolute Gasteiger partial charge is 0.237 e. The molecule has 1 heterocycles. The van der Waals surface area contributed by atoms with Crippen molar-refractivity contribution >= 4 is 29.3 Å². The Labute approximate surface area is 159 Å². The van der Waals surface area contributed by atoms with Crippen molar-refractivity contribution in [3.05, 3.63) is 60.2 Å². The fraction of sp³-hybridized carbons (Fsp3) is 0.333. The molecule has 1 aliphatic rings. The number of aryl methyl sites for hydroxylation is 1. The van der Waals surface area contributed by atoms with Crippen LogP contribution in [0.2, 0.25) is 0 Å². The van der Waals surface area contributed by atoms with Crippen LogP contribution in [0.1, 0.15) is 25.3 Å². The zero-order valence-electron chi connectivity index (χ0n) is 15.0. The van der Waals surface area contributed by atoms with Crippen LogP contribution in [0, 0.1) is 0 Å². The molecule has 0 aliphatic carbocycles. The van der Waals surface area contributed by atoms with Crippen LogP contribution in [-0.4, -0.2) is 30.2 Å². The van der Waals surface area contributed by atoms with Crippen molar-refractivity contribution in [2.45, 2.75) is 37.1 Å². The van der Waals surface area contributed by atoms with Gasteiger partial charge in [0.15, 0.2) is 0 Å². The molecule has 0 radical (unpaired) electrons. The molecule has 4 nitrogen and oxygen atoms in total. The molecule has 0 saturated heterocycles. The summed E-state index contributed by atoms with van der Waals surface area (Å²) >= 11 is 1.56. The van der Waals surface area contributed by atoms with Crippen LogP contribution in [-0.2, 0) is 16.0 Å². The number of fused-ring (bicyclic) bond motifs is 1. The number of para-hydroxylation sites is 1. The number of carbonyl (C=O) groups is 2. The first-order valence-corrected chi connectivity index (χ1v) is 9.97. The van der Waals surface area contributed by atoms with E-state index in [9.17, 15) is 9.59 Å². The molecule has 26 heavy (non-hydrogen) atoms. The van der Waals surface area contributed by atoms with E-state index in [0.717, 1.165) is 23.4 Å². The van der Waals surface area contributed by atoms with Crippen LogP contribution in [0.5, 0.6) is 0 Å². The molecule has 136 valence electrons. The highest BCUT2D eigenvalue weighted by atomic mass is 32.2. The molecule has 3 rings (SSSR count). The summed E-state index contributed by atoms with van der Waals surface area (Å²) in [5, 5.41) is 3.05. The largest absolute Gasteiger partial charge is 0.354 e. The van der Waals surface area contributed by atoms with Gasteiger partial charge >= 0.3 is 0 Å². The number of anilines is 1. The topological polar surface area (TPSA) is 49.4 Å². The van der Waals surface area contributed by atoms with Gasteiger partial charge in [0, 0.05) is 23.9 Å². The Morgan fingerprint density at radius 3 is 2.69 bits per heavy atom. The molecule has 5 heteroatoms. The molecule has 0 unspecified atom stereocenters. The molecule has 1 aliphatic heterocycles. The molecule has 0 saturated carbocycles. The summed E-state index contributed by atoms with van der Waals surface area (Å²) < 4.78 is 0. The summed E-state index contributed by atoms with van der Waals surface area (Å²) in [5.41, 5.74) is 2.19. The summed E-state index contributed by atoms with van der Waals surface area (Å²) in [6.07, 6.45) is 2.16. The zero-order valence-corrected chi connectivity index (χ0v) is 15.8. The summed E-state index contributed by atoms with van der Waals surface area (Å²) in [5.74, 6) is 0.499. The molecule has 0 aromatic heterocycles. The number of thioether (sulfide) groups is 1. The van der Waals surface area contributed by atoms with E-state index < -0.39 is 0 Å². The Morgan fingerprint density at radius 2 is 1.88 bits per heavy atom. The summed E-state index contributed by atoms with van der Waals surface area (Å²) in [6.45, 7) is 2.45. The molecule has 1 N–H and O–H groups in total. The number of nitrogens with zero attached hydrogens (tertiary/aromatic N) is 1. The molecular formula is C21H24N2O2S. The van der Waals surface area contributed by atoms with Crippen molar-refractivity contribution in [3.8, 4) is 0 Å². The molecule has 2 aromatic rings. The normalized spacial score (nSPS) is 14.7. The maximum Gasteiger partial charge on any atom is 0.237 e. The van der Waals surface area contributed by atoms with Crippen LogP contribution in [0.15, 0.2) is 59.5 Å². The van der Waals surface area contributed by atoms with E-state index in [4.69, 9.17) is 0 Å². The van der Waals surface area contributed by atoms with Crippen molar-refractivity contribution in [2.75, 3.05) is 17.2 Å². The molecule has 0 fully saturated rings. The Kier molecular flexibility index (Phi) is 6.34. The van der Waals surface area contributed by atoms with E-state index in [-0.39, 0.29) is 17.9 Å².